The van der Waals surface area contributed by atoms with E-state index in [9.17, 15) is 4.79 Å². The maximum absolute atomic E-state index is 12.3. The highest BCUT2D eigenvalue weighted by atomic mass is 16.6. The van der Waals surface area contributed by atoms with Gasteiger partial charge in [0, 0.05) is 18.8 Å². The van der Waals surface area contributed by atoms with Gasteiger partial charge in [0.1, 0.15) is 11.5 Å². The second-order valence-electron chi connectivity index (χ2n) is 6.85. The number of hydrogen-bond acceptors (Lipinski definition) is 6. The van der Waals surface area contributed by atoms with Crippen molar-refractivity contribution in [1.82, 2.24) is 4.98 Å². The lowest BCUT2D eigenvalue weighted by Crippen LogP contribution is -2.11. The zero-order valence-electron chi connectivity index (χ0n) is 18.3. The third-order valence-corrected chi connectivity index (χ3v) is 4.52. The van der Waals surface area contributed by atoms with Crippen molar-refractivity contribution >= 4 is 18.1 Å². The van der Waals surface area contributed by atoms with E-state index in [1.807, 2.05) is 67.6 Å². The number of hydrogen-bond donors (Lipinski definition) is 0. The van der Waals surface area contributed by atoms with E-state index in [2.05, 4.69) is 4.98 Å². The van der Waals surface area contributed by atoms with Crippen LogP contribution in [0.25, 0.3) is 12.2 Å². The molecule has 0 radical (unpaired) electrons. The summed E-state index contributed by atoms with van der Waals surface area (Å²) in [5.41, 5.74) is 1.99. The van der Waals surface area contributed by atoms with Crippen LogP contribution in [0.1, 0.15) is 30.9 Å². The summed E-state index contributed by atoms with van der Waals surface area (Å²) in [5.74, 6) is 2.11. The van der Waals surface area contributed by atoms with Crippen molar-refractivity contribution in [2.45, 2.75) is 19.8 Å². The molecule has 6 heteroatoms. The molecule has 2 aromatic carbocycles. The minimum Gasteiger partial charge on any atom is -0.497 e. The van der Waals surface area contributed by atoms with Crippen molar-refractivity contribution in [2.24, 2.45) is 0 Å². The van der Waals surface area contributed by atoms with Gasteiger partial charge in [0.05, 0.1) is 20.3 Å². The van der Waals surface area contributed by atoms with Crippen molar-refractivity contribution in [3.05, 3.63) is 78.1 Å². The molecule has 0 aliphatic carbocycles. The summed E-state index contributed by atoms with van der Waals surface area (Å²) >= 11 is 0. The Morgan fingerprint density at radius 2 is 1.59 bits per heavy atom. The Kier molecular flexibility index (Phi) is 8.69. The first-order valence-electron chi connectivity index (χ1n) is 10.5. The summed E-state index contributed by atoms with van der Waals surface area (Å²) in [4.78, 5) is 16.3. The average Bonchev–Trinajstić information content (AvgIpc) is 2.83. The summed E-state index contributed by atoms with van der Waals surface area (Å²) in [7, 11) is 1.62. The van der Waals surface area contributed by atoms with E-state index in [4.69, 9.17) is 18.9 Å². The number of ether oxygens (including phenoxy) is 4. The highest BCUT2D eigenvalue weighted by Crippen LogP contribution is 2.30. The molecule has 166 valence electrons. The molecule has 0 fully saturated rings. The van der Waals surface area contributed by atoms with Crippen LogP contribution >= 0.6 is 0 Å². The second-order valence-corrected chi connectivity index (χ2v) is 6.85. The number of carbonyl (C=O) groups is 1. The molecule has 0 aliphatic rings. The van der Waals surface area contributed by atoms with Crippen molar-refractivity contribution in [1.29, 1.82) is 0 Å². The standard InChI is InChI=1S/C26H27NO5/c1-3-30-25-19-21(7-6-20-14-16-27-17-15-20)8-13-24(25)32-26(28)5-4-18-31-23-11-9-22(29-2)10-12-23/h6-17,19H,3-5,18H2,1-2H3/b7-6+. The van der Waals surface area contributed by atoms with Gasteiger partial charge in [-0.25, -0.2) is 0 Å². The first kappa shape index (κ1) is 22.9. The van der Waals surface area contributed by atoms with Gasteiger partial charge in [0.2, 0.25) is 0 Å². The van der Waals surface area contributed by atoms with Crippen LogP contribution in [0, 0.1) is 0 Å². The molecule has 0 amide bonds. The van der Waals surface area contributed by atoms with E-state index in [0.29, 0.717) is 31.1 Å². The molecule has 1 heterocycles. The summed E-state index contributed by atoms with van der Waals surface area (Å²) in [6, 6.07) is 16.7. The molecule has 0 aliphatic heterocycles. The monoisotopic (exact) mass is 433 g/mol. The van der Waals surface area contributed by atoms with Gasteiger partial charge in [-0.05, 0) is 73.0 Å². The lowest BCUT2D eigenvalue weighted by molar-refractivity contribution is -0.134. The van der Waals surface area contributed by atoms with Gasteiger partial charge in [-0.1, -0.05) is 18.2 Å². The molecule has 3 rings (SSSR count). The molecule has 6 nitrogen and oxygen atoms in total. The Hall–Kier alpha value is -3.80. The van der Waals surface area contributed by atoms with Gasteiger partial charge in [0.15, 0.2) is 11.5 Å². The minimum atomic E-state index is -0.329. The minimum absolute atomic E-state index is 0.241. The van der Waals surface area contributed by atoms with Gasteiger partial charge < -0.3 is 18.9 Å². The van der Waals surface area contributed by atoms with Crippen LogP contribution < -0.4 is 18.9 Å². The molecular weight excluding hydrogens is 406 g/mol. The molecule has 0 bridgehead atoms. The van der Waals surface area contributed by atoms with Crippen molar-refractivity contribution in [3.63, 3.8) is 0 Å². The normalized spacial score (nSPS) is 10.7. The third-order valence-electron chi connectivity index (χ3n) is 4.52. The topological polar surface area (TPSA) is 66.9 Å². The predicted octanol–water partition coefficient (Wildman–Crippen LogP) is 5.42. The number of methoxy groups -OCH3 is 1. The van der Waals surface area contributed by atoms with E-state index < -0.39 is 0 Å². The van der Waals surface area contributed by atoms with Crippen LogP contribution in [0.4, 0.5) is 0 Å². The molecule has 0 saturated heterocycles. The lowest BCUT2D eigenvalue weighted by atomic mass is 10.1. The molecule has 0 saturated carbocycles. The third kappa shape index (κ3) is 7.16. The average molecular weight is 434 g/mol. The van der Waals surface area contributed by atoms with Crippen molar-refractivity contribution in [2.75, 3.05) is 20.3 Å². The van der Waals surface area contributed by atoms with E-state index in [0.717, 1.165) is 22.6 Å². The van der Waals surface area contributed by atoms with Crippen LogP contribution in [0.3, 0.4) is 0 Å². The molecular formula is C26H27NO5. The number of rotatable bonds is 11. The summed E-state index contributed by atoms with van der Waals surface area (Å²) in [6.07, 6.45) is 8.24. The van der Waals surface area contributed by atoms with Gasteiger partial charge >= 0.3 is 5.97 Å². The number of nitrogens with zero attached hydrogens (tertiary/aromatic N) is 1. The van der Waals surface area contributed by atoms with E-state index in [-0.39, 0.29) is 12.4 Å². The van der Waals surface area contributed by atoms with Gasteiger partial charge in [0.25, 0.3) is 0 Å². The van der Waals surface area contributed by atoms with Crippen LogP contribution in [-0.2, 0) is 4.79 Å². The van der Waals surface area contributed by atoms with E-state index in [1.165, 1.54) is 0 Å². The fourth-order valence-corrected chi connectivity index (χ4v) is 2.90. The SMILES string of the molecule is CCOc1cc(/C=C/c2ccncc2)ccc1OC(=O)CCCOc1ccc(OC)cc1. The molecule has 0 atom stereocenters. The van der Waals surface area contributed by atoms with Crippen molar-refractivity contribution < 1.29 is 23.7 Å². The Bertz CT molecular complexity index is 1020. The molecule has 1 aromatic heterocycles. The number of carbonyl (C=O) groups excluding carboxylic acids is 1. The van der Waals surface area contributed by atoms with Crippen LogP contribution in [0.2, 0.25) is 0 Å². The fraction of sp³-hybridized carbons (Fsp3) is 0.231. The second kappa shape index (κ2) is 12.2. The summed E-state index contributed by atoms with van der Waals surface area (Å²) in [6.45, 7) is 2.78. The van der Waals surface area contributed by atoms with Gasteiger partial charge in [-0.2, -0.15) is 0 Å². The quantitative estimate of drug-likeness (QED) is 0.228. The predicted molar refractivity (Wildman–Crippen MR) is 124 cm³/mol. The number of benzene rings is 2. The Balaban J connectivity index is 1.52. The Morgan fingerprint density at radius 3 is 2.31 bits per heavy atom. The summed E-state index contributed by atoms with van der Waals surface area (Å²) < 4.78 is 22.0. The highest BCUT2D eigenvalue weighted by Gasteiger charge is 2.11. The van der Waals surface area contributed by atoms with Crippen LogP contribution in [0.15, 0.2) is 67.0 Å². The van der Waals surface area contributed by atoms with Crippen LogP contribution in [-0.4, -0.2) is 31.3 Å². The van der Waals surface area contributed by atoms with Gasteiger partial charge in [-0.3, -0.25) is 9.78 Å². The maximum Gasteiger partial charge on any atom is 0.311 e. The summed E-state index contributed by atoms with van der Waals surface area (Å²) in [5, 5.41) is 0. The number of pyridine rings is 1. The molecule has 3 aromatic rings. The smallest absolute Gasteiger partial charge is 0.311 e. The molecule has 0 spiro atoms. The number of esters is 1. The number of aromatic nitrogens is 1. The Morgan fingerprint density at radius 1 is 0.875 bits per heavy atom. The Labute approximate surface area is 188 Å². The fourth-order valence-electron chi connectivity index (χ4n) is 2.90. The molecule has 32 heavy (non-hydrogen) atoms. The first-order valence-corrected chi connectivity index (χ1v) is 10.5. The van der Waals surface area contributed by atoms with E-state index >= 15 is 0 Å². The van der Waals surface area contributed by atoms with E-state index in [1.54, 1.807) is 25.6 Å². The zero-order valence-corrected chi connectivity index (χ0v) is 18.3. The molecule has 0 unspecified atom stereocenters. The van der Waals surface area contributed by atoms with Gasteiger partial charge in [-0.15, -0.1) is 0 Å². The largest absolute Gasteiger partial charge is 0.497 e. The maximum atomic E-state index is 12.3. The highest BCUT2D eigenvalue weighted by molar-refractivity contribution is 5.75. The van der Waals surface area contributed by atoms with Crippen LogP contribution in [0.5, 0.6) is 23.0 Å². The van der Waals surface area contributed by atoms with Crippen molar-refractivity contribution in [3.8, 4) is 23.0 Å². The zero-order chi connectivity index (χ0) is 22.6. The lowest BCUT2D eigenvalue weighted by Gasteiger charge is -2.12. The molecule has 0 N–H and O–H groups in total. The first-order chi connectivity index (χ1) is 15.7.